The van der Waals surface area contributed by atoms with Crippen molar-refractivity contribution in [3.8, 4) is 11.5 Å². The van der Waals surface area contributed by atoms with Gasteiger partial charge in [0.25, 0.3) is 0 Å². The molecule has 2 aliphatic heterocycles. The van der Waals surface area contributed by atoms with Gasteiger partial charge in [0, 0.05) is 32.6 Å². The molecule has 1 fully saturated rings. The summed E-state index contributed by atoms with van der Waals surface area (Å²) in [5.74, 6) is 1.69. The van der Waals surface area contributed by atoms with Crippen LogP contribution in [0.25, 0.3) is 0 Å². The van der Waals surface area contributed by atoms with Crippen molar-refractivity contribution < 1.29 is 23.8 Å². The van der Waals surface area contributed by atoms with Gasteiger partial charge in [-0.1, -0.05) is 19.9 Å². The Labute approximate surface area is 178 Å². The highest BCUT2D eigenvalue weighted by molar-refractivity contribution is 5.78. The predicted octanol–water partition coefficient (Wildman–Crippen LogP) is 2.44. The van der Waals surface area contributed by atoms with E-state index in [1.54, 1.807) is 11.8 Å². The Balaban J connectivity index is 1.56. The summed E-state index contributed by atoms with van der Waals surface area (Å²) in [5, 5.41) is 3.17. The summed E-state index contributed by atoms with van der Waals surface area (Å²) in [5.41, 5.74) is 1.01. The minimum absolute atomic E-state index is 0.0228. The van der Waals surface area contributed by atoms with Crippen LogP contribution in [-0.4, -0.2) is 74.3 Å². The van der Waals surface area contributed by atoms with E-state index < -0.39 is 0 Å². The molecular weight excluding hydrogens is 386 g/mol. The van der Waals surface area contributed by atoms with Crippen LogP contribution in [0.4, 0.5) is 4.79 Å². The normalized spacial score (nSPS) is 17.9. The van der Waals surface area contributed by atoms with E-state index in [4.69, 9.17) is 14.2 Å². The van der Waals surface area contributed by atoms with Crippen molar-refractivity contribution in [2.45, 2.75) is 33.2 Å². The molecule has 3 rings (SSSR count). The molecule has 1 aromatic rings. The molecule has 0 bridgehead atoms. The summed E-state index contributed by atoms with van der Waals surface area (Å²) >= 11 is 0. The molecule has 0 unspecified atom stereocenters. The van der Waals surface area contributed by atoms with Gasteiger partial charge in [0.05, 0.1) is 32.4 Å². The van der Waals surface area contributed by atoms with Crippen LogP contribution in [0.2, 0.25) is 0 Å². The summed E-state index contributed by atoms with van der Waals surface area (Å²) in [6.07, 6.45) is 0.577. The summed E-state index contributed by atoms with van der Waals surface area (Å²) in [6, 6.07) is 5.78. The number of carbonyl (C=O) groups excluding carboxylic acids is 2. The van der Waals surface area contributed by atoms with Crippen molar-refractivity contribution in [2.24, 2.45) is 5.92 Å². The molecular formula is C22H33N3O5. The van der Waals surface area contributed by atoms with Crippen molar-refractivity contribution >= 4 is 12.0 Å². The minimum atomic E-state index is -0.282. The van der Waals surface area contributed by atoms with E-state index in [1.807, 2.05) is 18.2 Å². The van der Waals surface area contributed by atoms with Gasteiger partial charge in [0.15, 0.2) is 11.5 Å². The van der Waals surface area contributed by atoms with Gasteiger partial charge in [-0.15, -0.1) is 0 Å². The number of benzene rings is 1. The van der Waals surface area contributed by atoms with E-state index in [1.165, 1.54) is 0 Å². The fraction of sp³-hybridized carbons (Fsp3) is 0.636. The monoisotopic (exact) mass is 419 g/mol. The molecule has 30 heavy (non-hydrogen) atoms. The van der Waals surface area contributed by atoms with Gasteiger partial charge in [-0.3, -0.25) is 9.69 Å². The van der Waals surface area contributed by atoms with E-state index in [2.05, 4.69) is 24.1 Å². The third kappa shape index (κ3) is 5.78. The highest BCUT2D eigenvalue weighted by Gasteiger charge is 2.25. The SMILES string of the molecule is CCOC(=O)N1CCN(CC(=O)N[C@@H](c2ccc3c(c2)OCCCO3)C(C)C)CC1. The Hall–Kier alpha value is -2.48. The Bertz CT molecular complexity index is 731. The molecule has 8 nitrogen and oxygen atoms in total. The first kappa shape index (κ1) is 22.2. The van der Waals surface area contributed by atoms with Gasteiger partial charge in [-0.2, -0.15) is 0 Å². The van der Waals surface area contributed by atoms with Crippen molar-refractivity contribution in [1.82, 2.24) is 15.1 Å². The number of fused-ring (bicyclic) bond motifs is 1. The van der Waals surface area contributed by atoms with Gasteiger partial charge < -0.3 is 24.4 Å². The number of carbonyl (C=O) groups is 2. The number of hydrogen-bond donors (Lipinski definition) is 1. The highest BCUT2D eigenvalue weighted by Crippen LogP contribution is 2.34. The molecule has 2 heterocycles. The average Bonchev–Trinajstić information content (AvgIpc) is 2.97. The van der Waals surface area contributed by atoms with Gasteiger partial charge in [-0.25, -0.2) is 4.79 Å². The van der Waals surface area contributed by atoms with Gasteiger partial charge in [0.1, 0.15) is 0 Å². The van der Waals surface area contributed by atoms with Gasteiger partial charge in [0.2, 0.25) is 5.91 Å². The number of rotatable bonds is 6. The van der Waals surface area contributed by atoms with Crippen LogP contribution in [0.15, 0.2) is 18.2 Å². The van der Waals surface area contributed by atoms with Crippen LogP contribution < -0.4 is 14.8 Å². The minimum Gasteiger partial charge on any atom is -0.490 e. The Morgan fingerprint density at radius 2 is 1.80 bits per heavy atom. The van der Waals surface area contributed by atoms with Crippen molar-refractivity contribution in [3.63, 3.8) is 0 Å². The van der Waals surface area contributed by atoms with E-state index >= 15 is 0 Å². The third-order valence-corrected chi connectivity index (χ3v) is 5.38. The van der Waals surface area contributed by atoms with Crippen LogP contribution in [0.5, 0.6) is 11.5 Å². The Kier molecular flexibility index (Phi) is 7.79. The number of amides is 2. The molecule has 1 N–H and O–H groups in total. The summed E-state index contributed by atoms with van der Waals surface area (Å²) in [7, 11) is 0. The van der Waals surface area contributed by atoms with E-state index in [0.717, 1.165) is 23.5 Å². The zero-order valence-corrected chi connectivity index (χ0v) is 18.2. The summed E-state index contributed by atoms with van der Waals surface area (Å²) in [4.78, 5) is 28.3. The number of hydrogen-bond acceptors (Lipinski definition) is 6. The molecule has 1 aromatic carbocycles. The highest BCUT2D eigenvalue weighted by atomic mass is 16.6. The molecule has 0 aromatic heterocycles. The largest absolute Gasteiger partial charge is 0.490 e. The molecule has 1 saturated heterocycles. The maximum absolute atomic E-state index is 12.7. The number of nitrogens with zero attached hydrogens (tertiary/aromatic N) is 2. The van der Waals surface area contributed by atoms with Crippen molar-refractivity contribution in [1.29, 1.82) is 0 Å². The molecule has 0 radical (unpaired) electrons. The van der Waals surface area contributed by atoms with E-state index in [-0.39, 0.29) is 24.0 Å². The first-order valence-corrected chi connectivity index (χ1v) is 10.8. The zero-order valence-electron chi connectivity index (χ0n) is 18.2. The standard InChI is InChI=1S/C22H33N3O5/c1-4-28-22(27)25-10-8-24(9-11-25)15-20(26)23-21(16(2)3)17-6-7-18-19(14-17)30-13-5-12-29-18/h6-7,14,16,21H,4-5,8-13,15H2,1-3H3,(H,23,26)/t21-/m1/s1. The average molecular weight is 420 g/mol. The maximum Gasteiger partial charge on any atom is 0.409 e. The number of piperazine rings is 1. The first-order valence-electron chi connectivity index (χ1n) is 10.8. The zero-order chi connectivity index (χ0) is 21.5. The fourth-order valence-electron chi connectivity index (χ4n) is 3.73. The number of nitrogens with one attached hydrogen (secondary N) is 1. The third-order valence-electron chi connectivity index (χ3n) is 5.38. The Morgan fingerprint density at radius 1 is 1.10 bits per heavy atom. The molecule has 0 aliphatic carbocycles. The smallest absolute Gasteiger partial charge is 0.409 e. The van der Waals surface area contributed by atoms with Crippen LogP contribution in [-0.2, 0) is 9.53 Å². The van der Waals surface area contributed by atoms with Crippen LogP contribution in [0.3, 0.4) is 0 Å². The van der Waals surface area contributed by atoms with E-state index in [9.17, 15) is 9.59 Å². The van der Waals surface area contributed by atoms with Gasteiger partial charge in [-0.05, 0) is 30.5 Å². The van der Waals surface area contributed by atoms with Crippen molar-refractivity contribution in [2.75, 3.05) is 52.5 Å². The van der Waals surface area contributed by atoms with Crippen molar-refractivity contribution in [3.05, 3.63) is 23.8 Å². The topological polar surface area (TPSA) is 80.3 Å². The molecule has 8 heteroatoms. The maximum atomic E-state index is 12.7. The second-order valence-electron chi connectivity index (χ2n) is 8.01. The Morgan fingerprint density at radius 3 is 2.47 bits per heavy atom. The molecule has 166 valence electrons. The summed E-state index contributed by atoms with van der Waals surface area (Å²) < 4.78 is 16.6. The second kappa shape index (κ2) is 10.5. The molecule has 1 atom stereocenters. The van der Waals surface area contributed by atoms with Crippen LogP contribution >= 0.6 is 0 Å². The number of ether oxygens (including phenoxy) is 3. The predicted molar refractivity (Wildman–Crippen MR) is 113 cm³/mol. The summed E-state index contributed by atoms with van der Waals surface area (Å²) in [6.45, 7) is 10.4. The second-order valence-corrected chi connectivity index (χ2v) is 8.01. The quantitative estimate of drug-likeness (QED) is 0.763. The lowest BCUT2D eigenvalue weighted by molar-refractivity contribution is -0.123. The first-order chi connectivity index (χ1) is 14.5. The van der Waals surface area contributed by atoms with E-state index in [0.29, 0.717) is 52.5 Å². The lowest BCUT2D eigenvalue weighted by atomic mass is 9.95. The lowest BCUT2D eigenvalue weighted by Crippen LogP contribution is -2.51. The molecule has 0 spiro atoms. The molecule has 0 saturated carbocycles. The molecule has 2 aliphatic rings. The van der Waals surface area contributed by atoms with Crippen LogP contribution in [0, 0.1) is 5.92 Å². The molecule has 2 amide bonds. The lowest BCUT2D eigenvalue weighted by Gasteiger charge is -2.34. The van der Waals surface area contributed by atoms with Gasteiger partial charge >= 0.3 is 6.09 Å². The fourth-order valence-corrected chi connectivity index (χ4v) is 3.73. The van der Waals surface area contributed by atoms with Crippen LogP contribution in [0.1, 0.15) is 38.8 Å².